The molecule has 1 amide bonds. The maximum atomic E-state index is 12.4. The van der Waals surface area contributed by atoms with E-state index in [-0.39, 0.29) is 12.3 Å². The van der Waals surface area contributed by atoms with Crippen LogP contribution in [0.3, 0.4) is 0 Å². The van der Waals surface area contributed by atoms with Crippen LogP contribution in [0.4, 0.5) is 0 Å². The number of rotatable bonds is 31. The maximum absolute atomic E-state index is 12.4. The molecule has 0 radical (unpaired) electrons. The number of allylic oxidation sites excluding steroid dienone is 9. The number of hydrogen-bond acceptors (Lipinski definition) is 4. The van der Waals surface area contributed by atoms with Crippen LogP contribution in [0.15, 0.2) is 60.8 Å². The fraction of sp³-hybridized carbons (Fsp3) is 0.711. The zero-order chi connectivity index (χ0) is 33.3. The Morgan fingerprint density at radius 2 is 1.04 bits per heavy atom. The number of carbonyl (C=O) groups excluding carboxylic acids is 1. The van der Waals surface area contributed by atoms with Crippen molar-refractivity contribution in [1.29, 1.82) is 0 Å². The molecule has 0 aromatic carbocycles. The van der Waals surface area contributed by atoms with Crippen LogP contribution in [-0.2, 0) is 14.9 Å². The summed E-state index contributed by atoms with van der Waals surface area (Å²) >= 11 is 0. The average Bonchev–Trinajstić information content (AvgIpc) is 3.00. The SMILES string of the molecule is CCCC/C=C\C/C=C\CCCCCCCC(=O)NC(CS(=O)(=O)O)C(O)/C=C/CC/C=C/CC/C=C/CCCCCCCC. The normalized spacial score (nSPS) is 14.1. The molecule has 0 saturated heterocycles. The fourth-order valence-electron chi connectivity index (χ4n) is 4.91. The van der Waals surface area contributed by atoms with E-state index in [1.54, 1.807) is 6.08 Å². The molecule has 260 valence electrons. The Hall–Kier alpha value is -1.96. The van der Waals surface area contributed by atoms with Crippen LogP contribution < -0.4 is 5.32 Å². The zero-order valence-electron chi connectivity index (χ0n) is 28.7. The molecule has 0 saturated carbocycles. The van der Waals surface area contributed by atoms with Gasteiger partial charge in [0.25, 0.3) is 10.1 Å². The third kappa shape index (κ3) is 33.2. The highest BCUT2D eigenvalue weighted by molar-refractivity contribution is 7.85. The van der Waals surface area contributed by atoms with Crippen molar-refractivity contribution in [3.63, 3.8) is 0 Å². The van der Waals surface area contributed by atoms with Gasteiger partial charge in [-0.1, -0.05) is 139 Å². The average molecular weight is 650 g/mol. The predicted octanol–water partition coefficient (Wildman–Crippen LogP) is 10.1. The molecule has 0 bridgehead atoms. The number of carbonyl (C=O) groups is 1. The molecular formula is C38H67NO5S. The standard InChI is InChI=1S/C38H67NO5S/c1-3-5-7-9-11-13-15-17-19-20-21-23-25-27-29-31-33-37(40)36(35-45(42,43)44)39-38(41)34-32-30-28-26-24-22-18-16-14-12-10-8-6-4-2/h10,12,16-19,23,25,31,33,36-37,40H,3-9,11,13-15,20-22,24,26-30,32,34-35H2,1-2H3,(H,39,41)(H,42,43,44)/b12-10-,18-16-,19-17+,25-23+,33-31+. The van der Waals surface area contributed by atoms with E-state index in [1.807, 2.05) is 0 Å². The van der Waals surface area contributed by atoms with Gasteiger partial charge in [-0.25, -0.2) is 0 Å². The Kier molecular flexibility index (Phi) is 30.6. The number of amides is 1. The zero-order valence-corrected chi connectivity index (χ0v) is 29.5. The molecule has 0 heterocycles. The van der Waals surface area contributed by atoms with Gasteiger partial charge in [0.2, 0.25) is 5.91 Å². The van der Waals surface area contributed by atoms with E-state index in [0.29, 0.717) is 12.8 Å². The van der Waals surface area contributed by atoms with E-state index in [2.05, 4.69) is 67.8 Å². The van der Waals surface area contributed by atoms with Gasteiger partial charge in [0.15, 0.2) is 0 Å². The van der Waals surface area contributed by atoms with Crippen molar-refractivity contribution in [2.24, 2.45) is 0 Å². The monoisotopic (exact) mass is 649 g/mol. The van der Waals surface area contributed by atoms with Crippen LogP contribution >= 0.6 is 0 Å². The number of nitrogens with one attached hydrogen (secondary N) is 1. The molecule has 0 aliphatic heterocycles. The number of unbranched alkanes of at least 4 members (excludes halogenated alkanes) is 15. The predicted molar refractivity (Wildman–Crippen MR) is 193 cm³/mol. The van der Waals surface area contributed by atoms with E-state index in [0.717, 1.165) is 70.6 Å². The van der Waals surface area contributed by atoms with Crippen molar-refractivity contribution in [1.82, 2.24) is 5.32 Å². The summed E-state index contributed by atoms with van der Waals surface area (Å²) in [6.45, 7) is 4.45. The third-order valence-electron chi connectivity index (χ3n) is 7.64. The Morgan fingerprint density at radius 1 is 0.600 bits per heavy atom. The van der Waals surface area contributed by atoms with Crippen molar-refractivity contribution in [3.8, 4) is 0 Å². The Bertz CT molecular complexity index is 936. The summed E-state index contributed by atoms with van der Waals surface area (Å²) < 4.78 is 32.3. The first-order valence-corrected chi connectivity index (χ1v) is 19.6. The van der Waals surface area contributed by atoms with Gasteiger partial charge in [-0.2, -0.15) is 8.42 Å². The van der Waals surface area contributed by atoms with Crippen LogP contribution in [0.5, 0.6) is 0 Å². The second-order valence-electron chi connectivity index (χ2n) is 12.1. The second-order valence-corrected chi connectivity index (χ2v) is 13.6. The van der Waals surface area contributed by atoms with Gasteiger partial charge >= 0.3 is 0 Å². The number of aliphatic hydroxyl groups is 1. The van der Waals surface area contributed by atoms with Gasteiger partial charge in [0.05, 0.1) is 17.9 Å². The van der Waals surface area contributed by atoms with E-state index in [1.165, 1.54) is 57.4 Å². The highest BCUT2D eigenvalue weighted by Gasteiger charge is 2.24. The summed E-state index contributed by atoms with van der Waals surface area (Å²) in [5.74, 6) is -1.03. The van der Waals surface area contributed by atoms with Crippen molar-refractivity contribution in [2.45, 2.75) is 167 Å². The lowest BCUT2D eigenvalue weighted by Crippen LogP contribution is -2.46. The number of hydrogen-bond donors (Lipinski definition) is 3. The molecule has 7 heteroatoms. The van der Waals surface area contributed by atoms with E-state index in [4.69, 9.17) is 0 Å². The van der Waals surface area contributed by atoms with Crippen molar-refractivity contribution in [3.05, 3.63) is 60.8 Å². The summed E-state index contributed by atoms with van der Waals surface area (Å²) in [4.78, 5) is 12.4. The molecule has 6 nitrogen and oxygen atoms in total. The highest BCUT2D eigenvalue weighted by atomic mass is 32.2. The van der Waals surface area contributed by atoms with E-state index >= 15 is 0 Å². The lowest BCUT2D eigenvalue weighted by molar-refractivity contribution is -0.122. The molecular weight excluding hydrogens is 582 g/mol. The Morgan fingerprint density at radius 3 is 1.60 bits per heavy atom. The van der Waals surface area contributed by atoms with E-state index in [9.17, 15) is 22.9 Å². The smallest absolute Gasteiger partial charge is 0.267 e. The van der Waals surface area contributed by atoms with Crippen LogP contribution in [-0.4, -0.2) is 41.9 Å². The summed E-state index contributed by atoms with van der Waals surface area (Å²) in [6.07, 6.45) is 43.4. The van der Waals surface area contributed by atoms with Gasteiger partial charge < -0.3 is 10.4 Å². The molecule has 0 fully saturated rings. The quantitative estimate of drug-likeness (QED) is 0.0394. The summed E-state index contributed by atoms with van der Waals surface area (Å²) in [5, 5.41) is 13.1. The van der Waals surface area contributed by atoms with Crippen molar-refractivity contribution < 1.29 is 22.9 Å². The fourth-order valence-corrected chi connectivity index (χ4v) is 5.64. The molecule has 3 N–H and O–H groups in total. The van der Waals surface area contributed by atoms with Gasteiger partial charge in [0.1, 0.15) is 0 Å². The van der Waals surface area contributed by atoms with E-state index < -0.39 is 28.0 Å². The van der Waals surface area contributed by atoms with Gasteiger partial charge in [-0.3, -0.25) is 9.35 Å². The minimum absolute atomic E-state index is 0.266. The van der Waals surface area contributed by atoms with Crippen molar-refractivity contribution >= 4 is 16.0 Å². The molecule has 2 atom stereocenters. The summed E-state index contributed by atoms with van der Waals surface area (Å²) in [5.41, 5.74) is 0. The summed E-state index contributed by atoms with van der Waals surface area (Å²) in [7, 11) is -4.36. The lowest BCUT2D eigenvalue weighted by Gasteiger charge is -2.21. The topological polar surface area (TPSA) is 104 Å². The molecule has 0 aromatic heterocycles. The molecule has 45 heavy (non-hydrogen) atoms. The largest absolute Gasteiger partial charge is 0.387 e. The van der Waals surface area contributed by atoms with Crippen LogP contribution in [0, 0.1) is 0 Å². The summed E-state index contributed by atoms with van der Waals surface area (Å²) in [6, 6.07) is -1.09. The first kappa shape index (κ1) is 43.0. The number of aliphatic hydroxyl groups excluding tert-OH is 1. The molecule has 0 aromatic rings. The van der Waals surface area contributed by atoms with Gasteiger partial charge in [-0.15, -0.1) is 0 Å². The minimum atomic E-state index is -4.36. The third-order valence-corrected chi connectivity index (χ3v) is 8.42. The van der Waals surface area contributed by atoms with Gasteiger partial charge in [0, 0.05) is 6.42 Å². The Labute approximate surface area is 277 Å². The molecule has 0 aliphatic rings. The first-order valence-electron chi connectivity index (χ1n) is 18.0. The maximum Gasteiger partial charge on any atom is 0.267 e. The second kappa shape index (κ2) is 32.0. The minimum Gasteiger partial charge on any atom is -0.387 e. The van der Waals surface area contributed by atoms with Crippen LogP contribution in [0.25, 0.3) is 0 Å². The lowest BCUT2D eigenvalue weighted by atomic mass is 10.1. The van der Waals surface area contributed by atoms with Crippen molar-refractivity contribution in [2.75, 3.05) is 5.75 Å². The molecule has 0 rings (SSSR count). The first-order chi connectivity index (χ1) is 21.8. The molecule has 0 spiro atoms. The molecule has 0 aliphatic carbocycles. The van der Waals surface area contributed by atoms with Gasteiger partial charge in [-0.05, 0) is 70.6 Å². The van der Waals surface area contributed by atoms with Crippen LogP contribution in [0.2, 0.25) is 0 Å². The van der Waals surface area contributed by atoms with Crippen LogP contribution in [0.1, 0.15) is 155 Å². The molecule has 2 unspecified atom stereocenters. The Balaban J connectivity index is 4.13. The highest BCUT2D eigenvalue weighted by Crippen LogP contribution is 2.10.